The Morgan fingerprint density at radius 1 is 1.29 bits per heavy atom. The molecule has 1 aliphatic rings. The number of carbonyl (C=O) groups excluding carboxylic acids is 1. The summed E-state index contributed by atoms with van der Waals surface area (Å²) in [5, 5.41) is 2.68. The van der Waals surface area contributed by atoms with Gasteiger partial charge in [-0.25, -0.2) is 8.42 Å². The van der Waals surface area contributed by atoms with Crippen LogP contribution in [0.1, 0.15) is 0 Å². The van der Waals surface area contributed by atoms with E-state index in [-0.39, 0.29) is 5.91 Å². The van der Waals surface area contributed by atoms with E-state index in [0.29, 0.717) is 45.8 Å². The van der Waals surface area contributed by atoms with Crippen molar-refractivity contribution >= 4 is 15.9 Å². The van der Waals surface area contributed by atoms with Crippen LogP contribution in [0.2, 0.25) is 0 Å². The minimum absolute atomic E-state index is 0.0664. The van der Waals surface area contributed by atoms with Crippen LogP contribution >= 0.6 is 0 Å². The molecule has 0 aromatic heterocycles. The number of carbonyl (C=O) groups is 1. The van der Waals surface area contributed by atoms with Crippen LogP contribution in [0.5, 0.6) is 0 Å². The molecule has 8 heteroatoms. The van der Waals surface area contributed by atoms with E-state index in [1.807, 2.05) is 4.90 Å². The molecule has 1 rings (SSSR count). The van der Waals surface area contributed by atoms with Gasteiger partial charge in [0.05, 0.1) is 12.8 Å². The second kappa shape index (κ2) is 6.29. The topological polar surface area (TPSA) is 95.7 Å². The summed E-state index contributed by atoms with van der Waals surface area (Å²) < 4.78 is 24.0. The zero-order valence-corrected chi connectivity index (χ0v) is 10.9. The first-order valence-electron chi connectivity index (χ1n) is 5.57. The van der Waals surface area contributed by atoms with E-state index in [2.05, 4.69) is 5.32 Å². The molecule has 0 spiro atoms. The molecular formula is C9H20N4O3S. The van der Waals surface area contributed by atoms with Gasteiger partial charge < -0.3 is 11.1 Å². The van der Waals surface area contributed by atoms with E-state index in [9.17, 15) is 13.2 Å². The van der Waals surface area contributed by atoms with Gasteiger partial charge in [-0.2, -0.15) is 4.31 Å². The lowest BCUT2D eigenvalue weighted by Gasteiger charge is -2.32. The Balaban J connectivity index is 2.30. The molecular weight excluding hydrogens is 244 g/mol. The summed E-state index contributed by atoms with van der Waals surface area (Å²) in [6, 6.07) is 0. The third-order valence-corrected chi connectivity index (χ3v) is 3.94. The largest absolute Gasteiger partial charge is 0.354 e. The molecule has 0 radical (unpaired) electrons. The highest BCUT2D eigenvalue weighted by Gasteiger charge is 2.24. The van der Waals surface area contributed by atoms with Gasteiger partial charge in [-0.05, 0) is 0 Å². The Kier molecular flexibility index (Phi) is 5.31. The van der Waals surface area contributed by atoms with Gasteiger partial charge in [0.15, 0.2) is 0 Å². The fraction of sp³-hybridized carbons (Fsp3) is 0.889. The van der Waals surface area contributed by atoms with Crippen LogP contribution in [0.4, 0.5) is 0 Å². The van der Waals surface area contributed by atoms with Crippen molar-refractivity contribution in [2.75, 3.05) is 52.1 Å². The maximum absolute atomic E-state index is 11.4. The third-order valence-electron chi connectivity index (χ3n) is 2.63. The molecule has 0 aromatic carbocycles. The molecule has 7 nitrogen and oxygen atoms in total. The van der Waals surface area contributed by atoms with Crippen molar-refractivity contribution in [3.05, 3.63) is 0 Å². The van der Waals surface area contributed by atoms with Gasteiger partial charge in [0.2, 0.25) is 15.9 Å². The fourth-order valence-electron chi connectivity index (χ4n) is 1.69. The van der Waals surface area contributed by atoms with E-state index in [1.165, 1.54) is 10.6 Å². The summed E-state index contributed by atoms with van der Waals surface area (Å²) in [5.41, 5.74) is 5.27. The minimum Gasteiger partial charge on any atom is -0.354 e. The Hall–Kier alpha value is -0.700. The number of nitrogens with zero attached hydrogens (tertiary/aromatic N) is 2. The van der Waals surface area contributed by atoms with Crippen LogP contribution in [0.15, 0.2) is 0 Å². The first-order chi connectivity index (χ1) is 7.93. The monoisotopic (exact) mass is 264 g/mol. The first kappa shape index (κ1) is 14.4. The molecule has 1 heterocycles. The fourth-order valence-corrected chi connectivity index (χ4v) is 2.52. The molecule has 0 bridgehead atoms. The van der Waals surface area contributed by atoms with Gasteiger partial charge in [-0.1, -0.05) is 0 Å². The molecule has 1 amide bonds. The second-order valence-electron chi connectivity index (χ2n) is 4.08. The number of piperazine rings is 1. The zero-order valence-electron chi connectivity index (χ0n) is 10.1. The highest BCUT2D eigenvalue weighted by molar-refractivity contribution is 7.88. The average Bonchev–Trinajstić information content (AvgIpc) is 2.26. The molecule has 1 aliphatic heterocycles. The number of hydrogen-bond donors (Lipinski definition) is 2. The van der Waals surface area contributed by atoms with Crippen LogP contribution in [0.25, 0.3) is 0 Å². The number of nitrogens with one attached hydrogen (secondary N) is 1. The molecule has 3 N–H and O–H groups in total. The van der Waals surface area contributed by atoms with E-state index in [4.69, 9.17) is 5.73 Å². The van der Waals surface area contributed by atoms with Crippen molar-refractivity contribution in [3.63, 3.8) is 0 Å². The maximum Gasteiger partial charge on any atom is 0.234 e. The van der Waals surface area contributed by atoms with Gasteiger partial charge in [0, 0.05) is 39.3 Å². The number of amides is 1. The van der Waals surface area contributed by atoms with Crippen LogP contribution < -0.4 is 11.1 Å². The standard InChI is InChI=1S/C9H20N4O3S/c1-17(15,16)13-6-4-12(5-7-13)8-9(14)11-3-2-10/h2-8,10H2,1H3,(H,11,14). The summed E-state index contributed by atoms with van der Waals surface area (Å²) in [5.74, 6) is -0.0664. The summed E-state index contributed by atoms with van der Waals surface area (Å²) >= 11 is 0. The predicted octanol–water partition coefficient (Wildman–Crippen LogP) is -2.36. The smallest absolute Gasteiger partial charge is 0.234 e. The Labute approximate surface area is 102 Å². The average molecular weight is 264 g/mol. The van der Waals surface area contributed by atoms with Crippen molar-refractivity contribution < 1.29 is 13.2 Å². The Morgan fingerprint density at radius 2 is 1.88 bits per heavy atom. The lowest BCUT2D eigenvalue weighted by atomic mass is 10.3. The second-order valence-corrected chi connectivity index (χ2v) is 6.06. The normalized spacial score (nSPS) is 19.2. The number of nitrogens with two attached hydrogens (primary N) is 1. The van der Waals surface area contributed by atoms with E-state index >= 15 is 0 Å². The molecule has 17 heavy (non-hydrogen) atoms. The Morgan fingerprint density at radius 3 is 2.35 bits per heavy atom. The molecule has 0 aliphatic carbocycles. The van der Waals surface area contributed by atoms with Crippen molar-refractivity contribution in [3.8, 4) is 0 Å². The van der Waals surface area contributed by atoms with Crippen LogP contribution in [-0.4, -0.2) is 75.6 Å². The molecule has 0 saturated carbocycles. The summed E-state index contributed by atoms with van der Waals surface area (Å²) in [4.78, 5) is 13.3. The molecule has 1 fully saturated rings. The summed E-state index contributed by atoms with van der Waals surface area (Å²) in [7, 11) is -3.10. The van der Waals surface area contributed by atoms with E-state index < -0.39 is 10.0 Å². The van der Waals surface area contributed by atoms with Crippen molar-refractivity contribution in [2.24, 2.45) is 5.73 Å². The van der Waals surface area contributed by atoms with Crippen molar-refractivity contribution in [2.45, 2.75) is 0 Å². The van der Waals surface area contributed by atoms with Crippen LogP contribution in [0, 0.1) is 0 Å². The predicted molar refractivity (Wildman–Crippen MR) is 64.9 cm³/mol. The van der Waals surface area contributed by atoms with Gasteiger partial charge in [0.25, 0.3) is 0 Å². The van der Waals surface area contributed by atoms with Gasteiger partial charge in [-0.3, -0.25) is 9.69 Å². The SMILES string of the molecule is CS(=O)(=O)N1CCN(CC(=O)NCCN)CC1. The van der Waals surface area contributed by atoms with E-state index in [0.717, 1.165) is 0 Å². The number of hydrogen-bond acceptors (Lipinski definition) is 5. The molecule has 0 unspecified atom stereocenters. The van der Waals surface area contributed by atoms with Gasteiger partial charge >= 0.3 is 0 Å². The molecule has 100 valence electrons. The lowest BCUT2D eigenvalue weighted by Crippen LogP contribution is -2.51. The maximum atomic E-state index is 11.4. The summed E-state index contributed by atoms with van der Waals surface area (Å²) in [6.07, 6.45) is 1.20. The van der Waals surface area contributed by atoms with Crippen molar-refractivity contribution in [1.82, 2.24) is 14.5 Å². The highest BCUT2D eigenvalue weighted by Crippen LogP contribution is 2.05. The summed E-state index contributed by atoms with van der Waals surface area (Å²) in [6.45, 7) is 3.27. The number of rotatable bonds is 5. The molecule has 0 atom stereocenters. The zero-order chi connectivity index (χ0) is 12.9. The first-order valence-corrected chi connectivity index (χ1v) is 7.42. The van der Waals surface area contributed by atoms with Crippen LogP contribution in [-0.2, 0) is 14.8 Å². The third kappa shape index (κ3) is 4.99. The number of sulfonamides is 1. The van der Waals surface area contributed by atoms with Gasteiger partial charge in [-0.15, -0.1) is 0 Å². The highest BCUT2D eigenvalue weighted by atomic mass is 32.2. The molecule has 0 aromatic rings. The quantitative estimate of drug-likeness (QED) is 0.579. The molecule has 1 saturated heterocycles. The van der Waals surface area contributed by atoms with Crippen molar-refractivity contribution in [1.29, 1.82) is 0 Å². The van der Waals surface area contributed by atoms with Gasteiger partial charge in [0.1, 0.15) is 0 Å². The van der Waals surface area contributed by atoms with Crippen LogP contribution in [0.3, 0.4) is 0 Å². The van der Waals surface area contributed by atoms with E-state index in [1.54, 1.807) is 0 Å². The lowest BCUT2D eigenvalue weighted by molar-refractivity contribution is -0.122. The Bertz CT molecular complexity index is 349. The minimum atomic E-state index is -3.10.